The highest BCUT2D eigenvalue weighted by atomic mass is 19.1. The number of benzene rings is 1. The molecule has 22 heavy (non-hydrogen) atoms. The molecule has 116 valence electrons. The second-order valence-electron chi connectivity index (χ2n) is 5.51. The van der Waals surface area contributed by atoms with Crippen LogP contribution < -0.4 is 5.73 Å². The smallest absolute Gasteiger partial charge is 0.258 e. The number of aromatic nitrogens is 2. The molecule has 2 heterocycles. The maximum absolute atomic E-state index is 13.5. The van der Waals surface area contributed by atoms with Gasteiger partial charge in [0.25, 0.3) is 5.89 Å². The number of amides is 1. The maximum atomic E-state index is 13.5. The van der Waals surface area contributed by atoms with E-state index in [-0.39, 0.29) is 19.5 Å². The van der Waals surface area contributed by atoms with Crippen LogP contribution in [0.3, 0.4) is 0 Å². The molecule has 0 unspecified atom stereocenters. The lowest BCUT2D eigenvalue weighted by atomic mass is 10.1. The highest BCUT2D eigenvalue weighted by molar-refractivity contribution is 5.80. The average Bonchev–Trinajstić information content (AvgIpc) is 3.07. The summed E-state index contributed by atoms with van der Waals surface area (Å²) in [5.41, 5.74) is 7.19. The van der Waals surface area contributed by atoms with Crippen molar-refractivity contribution in [2.45, 2.75) is 32.1 Å². The summed E-state index contributed by atoms with van der Waals surface area (Å²) >= 11 is 0. The molecule has 0 spiro atoms. The van der Waals surface area contributed by atoms with Crippen LogP contribution in [0.1, 0.15) is 17.8 Å². The Morgan fingerprint density at radius 3 is 3.00 bits per heavy atom. The fourth-order valence-corrected chi connectivity index (χ4v) is 2.74. The number of carbonyl (C=O) groups is 1. The van der Waals surface area contributed by atoms with Crippen LogP contribution in [0.25, 0.3) is 11.5 Å². The van der Waals surface area contributed by atoms with Crippen molar-refractivity contribution in [2.24, 2.45) is 5.73 Å². The van der Waals surface area contributed by atoms with E-state index >= 15 is 0 Å². The van der Waals surface area contributed by atoms with Crippen molar-refractivity contribution in [2.75, 3.05) is 6.54 Å². The Morgan fingerprint density at radius 2 is 2.27 bits per heavy atom. The van der Waals surface area contributed by atoms with Gasteiger partial charge in [0, 0.05) is 18.5 Å². The molecule has 0 bridgehead atoms. The number of halogens is 1. The standard InChI is InChI=1S/C15H17FN4O2/c1-9-4-2-3-5-11(9)15-18-13(19-22-15)8-20-7-10(16)6-12(20)14(17)21/h2-5,10,12H,6-8H2,1H3,(H2,17,21)/t10-,12+/m1/s1. The van der Waals surface area contributed by atoms with Gasteiger partial charge < -0.3 is 10.3 Å². The van der Waals surface area contributed by atoms with E-state index in [1.54, 1.807) is 4.90 Å². The molecular weight excluding hydrogens is 287 g/mol. The highest BCUT2D eigenvalue weighted by Crippen LogP contribution is 2.24. The number of nitrogens with two attached hydrogens (primary N) is 1. The van der Waals surface area contributed by atoms with Gasteiger partial charge in [-0.25, -0.2) is 4.39 Å². The molecule has 2 atom stereocenters. The number of nitrogens with zero attached hydrogens (tertiary/aromatic N) is 3. The summed E-state index contributed by atoms with van der Waals surface area (Å²) in [5, 5.41) is 3.91. The van der Waals surface area contributed by atoms with E-state index in [1.807, 2.05) is 31.2 Å². The molecule has 1 fully saturated rings. The molecule has 0 saturated carbocycles. The fraction of sp³-hybridized carbons (Fsp3) is 0.400. The molecule has 2 N–H and O–H groups in total. The average molecular weight is 304 g/mol. The molecule has 6 nitrogen and oxygen atoms in total. The summed E-state index contributed by atoms with van der Waals surface area (Å²) < 4.78 is 18.8. The summed E-state index contributed by atoms with van der Waals surface area (Å²) in [4.78, 5) is 17.4. The number of hydrogen-bond acceptors (Lipinski definition) is 5. The van der Waals surface area contributed by atoms with E-state index in [0.717, 1.165) is 11.1 Å². The minimum absolute atomic E-state index is 0.123. The first-order valence-electron chi connectivity index (χ1n) is 7.10. The minimum atomic E-state index is -1.06. The lowest BCUT2D eigenvalue weighted by molar-refractivity contribution is -0.122. The van der Waals surface area contributed by atoms with Crippen LogP contribution in [0, 0.1) is 6.92 Å². The van der Waals surface area contributed by atoms with Gasteiger partial charge in [-0.3, -0.25) is 9.69 Å². The third kappa shape index (κ3) is 2.85. The Hall–Kier alpha value is -2.28. The third-order valence-electron chi connectivity index (χ3n) is 3.87. The molecule has 3 rings (SSSR count). The largest absolute Gasteiger partial charge is 0.368 e. The van der Waals surface area contributed by atoms with Gasteiger partial charge >= 0.3 is 0 Å². The zero-order chi connectivity index (χ0) is 15.7. The Kier molecular flexibility index (Phi) is 3.89. The van der Waals surface area contributed by atoms with E-state index in [9.17, 15) is 9.18 Å². The number of carbonyl (C=O) groups excluding carboxylic acids is 1. The lowest BCUT2D eigenvalue weighted by Gasteiger charge is -2.18. The molecule has 1 aromatic carbocycles. The molecule has 0 aliphatic carbocycles. The van der Waals surface area contributed by atoms with E-state index in [2.05, 4.69) is 10.1 Å². The number of primary amides is 1. The maximum Gasteiger partial charge on any atom is 0.258 e. The summed E-state index contributed by atoms with van der Waals surface area (Å²) in [6.45, 7) is 2.35. The number of hydrogen-bond donors (Lipinski definition) is 1. The topological polar surface area (TPSA) is 85.3 Å². The first kappa shape index (κ1) is 14.6. The summed E-state index contributed by atoms with van der Waals surface area (Å²) in [5.74, 6) is 0.307. The van der Waals surface area contributed by atoms with Gasteiger partial charge in [0.05, 0.1) is 12.6 Å². The number of likely N-dealkylation sites (tertiary alicyclic amines) is 1. The van der Waals surface area contributed by atoms with Crippen LogP contribution in [0.2, 0.25) is 0 Å². The molecule has 1 aliphatic heterocycles. The van der Waals surface area contributed by atoms with Gasteiger partial charge in [0.1, 0.15) is 6.17 Å². The van der Waals surface area contributed by atoms with Crippen LogP contribution in [0.15, 0.2) is 28.8 Å². The van der Waals surface area contributed by atoms with Crippen LogP contribution in [0.4, 0.5) is 4.39 Å². The molecule has 2 aromatic rings. The van der Waals surface area contributed by atoms with Gasteiger partial charge in [0.2, 0.25) is 5.91 Å². The van der Waals surface area contributed by atoms with Crippen LogP contribution in [-0.2, 0) is 11.3 Å². The molecule has 1 aromatic heterocycles. The van der Waals surface area contributed by atoms with Gasteiger partial charge in [-0.2, -0.15) is 4.98 Å². The summed E-state index contributed by atoms with van der Waals surface area (Å²) in [6, 6.07) is 7.06. The Bertz CT molecular complexity index is 688. The van der Waals surface area contributed by atoms with Crippen molar-refractivity contribution >= 4 is 5.91 Å². The first-order valence-corrected chi connectivity index (χ1v) is 7.10. The fourth-order valence-electron chi connectivity index (χ4n) is 2.74. The van der Waals surface area contributed by atoms with Crippen molar-refractivity contribution in [1.29, 1.82) is 0 Å². The number of alkyl halides is 1. The third-order valence-corrected chi connectivity index (χ3v) is 3.87. The van der Waals surface area contributed by atoms with Crippen LogP contribution in [-0.4, -0.2) is 39.7 Å². The van der Waals surface area contributed by atoms with Crippen molar-refractivity contribution in [1.82, 2.24) is 15.0 Å². The van der Waals surface area contributed by atoms with Crippen LogP contribution in [0.5, 0.6) is 0 Å². The quantitative estimate of drug-likeness (QED) is 0.924. The first-order chi connectivity index (χ1) is 10.5. The number of rotatable bonds is 4. The van der Waals surface area contributed by atoms with E-state index < -0.39 is 18.1 Å². The second-order valence-corrected chi connectivity index (χ2v) is 5.51. The highest BCUT2D eigenvalue weighted by Gasteiger charge is 2.36. The molecule has 7 heteroatoms. The predicted octanol–water partition coefficient (Wildman–Crippen LogP) is 1.44. The lowest BCUT2D eigenvalue weighted by Crippen LogP contribution is -2.39. The van der Waals surface area contributed by atoms with E-state index in [4.69, 9.17) is 10.3 Å². The van der Waals surface area contributed by atoms with E-state index in [1.165, 1.54) is 0 Å². The minimum Gasteiger partial charge on any atom is -0.368 e. The van der Waals surface area contributed by atoms with Crippen molar-refractivity contribution in [3.05, 3.63) is 35.7 Å². The zero-order valence-electron chi connectivity index (χ0n) is 12.2. The Morgan fingerprint density at radius 1 is 1.50 bits per heavy atom. The predicted molar refractivity (Wildman–Crippen MR) is 77.4 cm³/mol. The molecule has 0 radical (unpaired) electrons. The Balaban J connectivity index is 1.77. The SMILES string of the molecule is Cc1ccccc1-c1nc(CN2C[C@H](F)C[C@H]2C(N)=O)no1. The van der Waals surface area contributed by atoms with Gasteiger partial charge in [-0.1, -0.05) is 23.4 Å². The zero-order valence-corrected chi connectivity index (χ0v) is 12.2. The van der Waals surface area contributed by atoms with E-state index in [0.29, 0.717) is 11.7 Å². The monoisotopic (exact) mass is 304 g/mol. The van der Waals surface area contributed by atoms with Gasteiger partial charge in [0.15, 0.2) is 5.82 Å². The van der Waals surface area contributed by atoms with Crippen molar-refractivity contribution < 1.29 is 13.7 Å². The number of aryl methyl sites for hydroxylation is 1. The van der Waals surface area contributed by atoms with Crippen molar-refractivity contribution in [3.8, 4) is 11.5 Å². The van der Waals surface area contributed by atoms with Gasteiger partial charge in [-0.05, 0) is 18.6 Å². The summed E-state index contributed by atoms with van der Waals surface area (Å²) in [7, 11) is 0. The summed E-state index contributed by atoms with van der Waals surface area (Å²) in [6.07, 6.45) is -0.932. The second kappa shape index (κ2) is 5.84. The molecule has 1 aliphatic rings. The molecular formula is C15H17FN4O2. The van der Waals surface area contributed by atoms with Crippen molar-refractivity contribution in [3.63, 3.8) is 0 Å². The molecule has 1 amide bonds. The van der Waals surface area contributed by atoms with Crippen LogP contribution >= 0.6 is 0 Å². The Labute approximate surface area is 127 Å². The molecule has 1 saturated heterocycles. The van der Waals surface area contributed by atoms with Gasteiger partial charge in [-0.15, -0.1) is 0 Å². The normalized spacial score (nSPS) is 22.1.